The van der Waals surface area contributed by atoms with Gasteiger partial charge in [-0.3, -0.25) is 0 Å². The van der Waals surface area contributed by atoms with E-state index in [2.05, 4.69) is 5.32 Å². The van der Waals surface area contributed by atoms with Gasteiger partial charge in [-0.05, 0) is 31.9 Å². The topological polar surface area (TPSA) is 75.3 Å². The van der Waals surface area contributed by atoms with Crippen molar-refractivity contribution in [1.82, 2.24) is 0 Å². The van der Waals surface area contributed by atoms with E-state index in [4.69, 9.17) is 22.4 Å². The summed E-state index contributed by atoms with van der Waals surface area (Å²) in [4.78, 5) is 11.1. The zero-order chi connectivity index (χ0) is 11.9. The Morgan fingerprint density at radius 1 is 1.56 bits per heavy atom. The summed E-state index contributed by atoms with van der Waals surface area (Å²) in [6.45, 7) is 2.03. The number of aromatic carboxylic acids is 1. The Kier molecular flexibility index (Phi) is 2.46. The average molecular weight is 241 g/mol. The van der Waals surface area contributed by atoms with Crippen LogP contribution in [-0.2, 0) is 0 Å². The van der Waals surface area contributed by atoms with Crippen LogP contribution in [0, 0.1) is 0 Å². The molecule has 0 aromatic heterocycles. The Labute approximate surface area is 98.4 Å². The molecule has 4 nitrogen and oxygen atoms in total. The number of halogens is 1. The molecule has 1 aromatic carbocycles. The van der Waals surface area contributed by atoms with Gasteiger partial charge in [-0.1, -0.05) is 11.6 Å². The largest absolute Gasteiger partial charge is 0.478 e. The van der Waals surface area contributed by atoms with Gasteiger partial charge >= 0.3 is 5.97 Å². The molecule has 0 aliphatic heterocycles. The summed E-state index contributed by atoms with van der Waals surface area (Å²) in [6.07, 6.45) is 2.04. The fourth-order valence-electron chi connectivity index (χ4n) is 1.54. The minimum Gasteiger partial charge on any atom is -0.478 e. The number of carboxylic acids is 1. The van der Waals surface area contributed by atoms with E-state index in [1.807, 2.05) is 6.92 Å². The normalized spacial score (nSPS) is 16.9. The zero-order valence-corrected chi connectivity index (χ0v) is 9.64. The number of nitrogens with one attached hydrogen (secondary N) is 1. The Morgan fingerprint density at radius 2 is 2.19 bits per heavy atom. The van der Waals surface area contributed by atoms with Crippen molar-refractivity contribution in [1.29, 1.82) is 0 Å². The number of rotatable bonds is 3. The van der Waals surface area contributed by atoms with Gasteiger partial charge in [0.1, 0.15) is 0 Å². The van der Waals surface area contributed by atoms with E-state index in [0.717, 1.165) is 12.8 Å². The molecule has 86 valence electrons. The SMILES string of the molecule is CC1(Nc2c(Cl)cc(N)cc2C(=O)O)CC1. The minimum atomic E-state index is -1.03. The third-order valence-corrected chi connectivity index (χ3v) is 3.07. The first-order chi connectivity index (χ1) is 7.41. The highest BCUT2D eigenvalue weighted by atomic mass is 35.5. The number of carbonyl (C=O) groups is 1. The van der Waals surface area contributed by atoms with Crippen LogP contribution in [0.15, 0.2) is 12.1 Å². The van der Waals surface area contributed by atoms with Crippen molar-refractivity contribution in [2.24, 2.45) is 0 Å². The third kappa shape index (κ3) is 2.07. The Bertz CT molecular complexity index is 456. The first kappa shape index (κ1) is 11.1. The second kappa shape index (κ2) is 3.56. The summed E-state index contributed by atoms with van der Waals surface area (Å²) in [7, 11) is 0. The number of hydrogen-bond donors (Lipinski definition) is 3. The lowest BCUT2D eigenvalue weighted by Gasteiger charge is -2.17. The number of hydrogen-bond acceptors (Lipinski definition) is 3. The smallest absolute Gasteiger partial charge is 0.337 e. The molecule has 0 saturated heterocycles. The fourth-order valence-corrected chi connectivity index (χ4v) is 1.81. The van der Waals surface area contributed by atoms with Crippen LogP contribution in [0.2, 0.25) is 5.02 Å². The van der Waals surface area contributed by atoms with Gasteiger partial charge in [0, 0.05) is 11.2 Å². The van der Waals surface area contributed by atoms with Crippen LogP contribution in [0.1, 0.15) is 30.1 Å². The van der Waals surface area contributed by atoms with E-state index in [0.29, 0.717) is 16.4 Å². The molecule has 2 rings (SSSR count). The molecule has 1 aromatic rings. The van der Waals surface area contributed by atoms with Crippen LogP contribution in [0.4, 0.5) is 11.4 Å². The molecule has 1 aliphatic rings. The molecule has 0 unspecified atom stereocenters. The second-order valence-electron chi connectivity index (χ2n) is 4.42. The van der Waals surface area contributed by atoms with Gasteiger partial charge in [-0.25, -0.2) is 4.79 Å². The maximum absolute atomic E-state index is 11.1. The molecule has 5 heteroatoms. The van der Waals surface area contributed by atoms with Gasteiger partial charge in [-0.2, -0.15) is 0 Å². The monoisotopic (exact) mass is 240 g/mol. The van der Waals surface area contributed by atoms with Crippen LogP contribution in [0.3, 0.4) is 0 Å². The van der Waals surface area contributed by atoms with E-state index >= 15 is 0 Å². The van der Waals surface area contributed by atoms with Crippen molar-refractivity contribution in [3.8, 4) is 0 Å². The van der Waals surface area contributed by atoms with Crippen LogP contribution in [-0.4, -0.2) is 16.6 Å². The minimum absolute atomic E-state index is 0.0239. The Balaban J connectivity index is 2.44. The number of nitrogens with two attached hydrogens (primary N) is 1. The number of anilines is 2. The lowest BCUT2D eigenvalue weighted by Crippen LogP contribution is -2.19. The van der Waals surface area contributed by atoms with Gasteiger partial charge in [0.15, 0.2) is 0 Å². The van der Waals surface area contributed by atoms with E-state index in [9.17, 15) is 4.79 Å². The molecule has 0 heterocycles. The maximum atomic E-state index is 11.1. The van der Waals surface area contributed by atoms with Crippen LogP contribution in [0.5, 0.6) is 0 Å². The predicted octanol–water partition coefficient (Wildman–Crippen LogP) is 2.58. The molecular formula is C11H13ClN2O2. The highest BCUT2D eigenvalue weighted by Gasteiger charge is 2.38. The molecule has 0 radical (unpaired) electrons. The van der Waals surface area contributed by atoms with Crippen LogP contribution in [0.25, 0.3) is 0 Å². The standard InChI is InChI=1S/C11H13ClN2O2/c1-11(2-3-11)14-9-7(10(15)16)4-6(13)5-8(9)12/h4-5,14H,2-3,13H2,1H3,(H,15,16). The van der Waals surface area contributed by atoms with Gasteiger partial charge in [0.25, 0.3) is 0 Å². The molecular weight excluding hydrogens is 228 g/mol. The van der Waals surface area contributed by atoms with E-state index in [1.165, 1.54) is 6.07 Å². The summed E-state index contributed by atoms with van der Waals surface area (Å²) in [5, 5.41) is 12.6. The molecule has 1 aliphatic carbocycles. The molecule has 0 atom stereocenters. The molecule has 0 amide bonds. The van der Waals surface area contributed by atoms with Crippen LogP contribution >= 0.6 is 11.6 Å². The van der Waals surface area contributed by atoms with Gasteiger partial charge in [0.2, 0.25) is 0 Å². The fraction of sp³-hybridized carbons (Fsp3) is 0.364. The average Bonchev–Trinajstić information content (AvgIpc) is 2.88. The van der Waals surface area contributed by atoms with Gasteiger partial charge < -0.3 is 16.2 Å². The first-order valence-electron chi connectivity index (χ1n) is 5.02. The number of carboxylic acid groups (broad SMARTS) is 1. The highest BCUT2D eigenvalue weighted by molar-refractivity contribution is 6.34. The zero-order valence-electron chi connectivity index (χ0n) is 8.88. The van der Waals surface area contributed by atoms with Crippen molar-refractivity contribution in [3.63, 3.8) is 0 Å². The number of nitrogen functional groups attached to an aromatic ring is 1. The second-order valence-corrected chi connectivity index (χ2v) is 4.82. The molecule has 0 spiro atoms. The number of benzene rings is 1. The van der Waals surface area contributed by atoms with Crippen molar-refractivity contribution in [3.05, 3.63) is 22.7 Å². The third-order valence-electron chi connectivity index (χ3n) is 2.77. The summed E-state index contributed by atoms with van der Waals surface area (Å²) >= 11 is 6.01. The summed E-state index contributed by atoms with van der Waals surface area (Å²) in [5.41, 5.74) is 6.49. The van der Waals surface area contributed by atoms with Crippen molar-refractivity contribution < 1.29 is 9.90 Å². The maximum Gasteiger partial charge on any atom is 0.337 e. The predicted molar refractivity (Wildman–Crippen MR) is 64.1 cm³/mol. The molecule has 1 fully saturated rings. The Morgan fingerprint density at radius 3 is 2.69 bits per heavy atom. The summed E-state index contributed by atoms with van der Waals surface area (Å²) in [5.74, 6) is -1.03. The molecule has 0 bridgehead atoms. The van der Waals surface area contributed by atoms with Gasteiger partial charge in [0.05, 0.1) is 16.3 Å². The molecule has 4 N–H and O–H groups in total. The molecule has 16 heavy (non-hydrogen) atoms. The van der Waals surface area contributed by atoms with Crippen molar-refractivity contribution in [2.75, 3.05) is 11.1 Å². The lowest BCUT2D eigenvalue weighted by molar-refractivity contribution is 0.0698. The Hall–Kier alpha value is -1.42. The van der Waals surface area contributed by atoms with Gasteiger partial charge in [-0.15, -0.1) is 0 Å². The van der Waals surface area contributed by atoms with Crippen molar-refractivity contribution >= 4 is 28.9 Å². The van der Waals surface area contributed by atoms with Crippen molar-refractivity contribution in [2.45, 2.75) is 25.3 Å². The molecule has 1 saturated carbocycles. The first-order valence-corrected chi connectivity index (χ1v) is 5.40. The quantitative estimate of drug-likeness (QED) is 0.710. The van der Waals surface area contributed by atoms with Crippen LogP contribution < -0.4 is 11.1 Å². The lowest BCUT2D eigenvalue weighted by atomic mass is 10.1. The summed E-state index contributed by atoms with van der Waals surface area (Å²) in [6, 6.07) is 2.98. The van der Waals surface area contributed by atoms with E-state index < -0.39 is 5.97 Å². The summed E-state index contributed by atoms with van der Waals surface area (Å²) < 4.78 is 0. The van der Waals surface area contributed by atoms with E-state index in [-0.39, 0.29) is 11.1 Å². The highest BCUT2D eigenvalue weighted by Crippen LogP contribution is 2.41. The van der Waals surface area contributed by atoms with E-state index in [1.54, 1.807) is 6.07 Å².